The third kappa shape index (κ3) is 2.51. The van der Waals surface area contributed by atoms with Gasteiger partial charge in [0.2, 0.25) is 5.89 Å². The molecule has 0 radical (unpaired) electrons. The van der Waals surface area contributed by atoms with E-state index in [1.165, 1.54) is 0 Å². The van der Waals surface area contributed by atoms with Crippen LogP contribution in [0.5, 0.6) is 0 Å². The Morgan fingerprint density at radius 2 is 2.00 bits per heavy atom. The fourth-order valence-corrected chi connectivity index (χ4v) is 3.45. The smallest absolute Gasteiger partial charge is 0.227 e. The number of aromatic nitrogens is 3. The molecule has 1 unspecified atom stereocenters. The molecular weight excluding hydrogens is 364 g/mol. The van der Waals surface area contributed by atoms with E-state index in [4.69, 9.17) is 21.0 Å². The molecule has 0 amide bonds. The predicted octanol–water partition coefficient (Wildman–Crippen LogP) is 3.85. The molecule has 0 saturated heterocycles. The van der Waals surface area contributed by atoms with Gasteiger partial charge in [-0.1, -0.05) is 23.7 Å². The molecule has 8 heteroatoms. The van der Waals surface area contributed by atoms with Crippen molar-refractivity contribution in [3.63, 3.8) is 0 Å². The van der Waals surface area contributed by atoms with Gasteiger partial charge in [-0.3, -0.25) is 0 Å². The summed E-state index contributed by atoms with van der Waals surface area (Å²) in [6.45, 7) is 1.92. The standard InChI is InChI=1S/C19H15ClN6O/c1-19(23-10-24-26-19)16-15(13-4-2-3-5-14(13)20)27-18(25-16)12-7-9-22-17-11(12)6-8-21-17/h2-10,26H,1H3,(H,21,22)(H,23,24). The molecule has 134 valence electrons. The van der Waals surface area contributed by atoms with Gasteiger partial charge in [0.1, 0.15) is 11.3 Å². The molecule has 4 aromatic rings. The van der Waals surface area contributed by atoms with Crippen LogP contribution >= 0.6 is 11.6 Å². The van der Waals surface area contributed by atoms with Gasteiger partial charge in [0, 0.05) is 28.9 Å². The summed E-state index contributed by atoms with van der Waals surface area (Å²) in [7, 11) is 0. The number of benzene rings is 1. The molecule has 0 aliphatic carbocycles. The lowest BCUT2D eigenvalue weighted by molar-refractivity contribution is 0.388. The molecule has 3 aromatic heterocycles. The Labute approximate surface area is 159 Å². The summed E-state index contributed by atoms with van der Waals surface area (Å²) < 4.78 is 6.24. The number of H-pyrrole nitrogens is 1. The van der Waals surface area contributed by atoms with Crippen LogP contribution in [0, 0.1) is 0 Å². The Bertz CT molecular complexity index is 1180. The third-order valence-electron chi connectivity index (χ3n) is 4.60. The first kappa shape index (κ1) is 16.0. The van der Waals surface area contributed by atoms with Crippen LogP contribution in [-0.4, -0.2) is 21.3 Å². The number of oxazole rings is 1. The van der Waals surface area contributed by atoms with E-state index in [1.807, 2.05) is 49.5 Å². The Hall–Kier alpha value is -3.16. The molecule has 5 rings (SSSR count). The number of nitrogens with one attached hydrogen (secondary N) is 3. The van der Waals surface area contributed by atoms with Crippen molar-refractivity contribution in [2.75, 3.05) is 0 Å². The van der Waals surface area contributed by atoms with Crippen LogP contribution in [0.4, 0.5) is 0 Å². The quantitative estimate of drug-likeness (QED) is 0.503. The van der Waals surface area contributed by atoms with Crippen LogP contribution in [0.25, 0.3) is 33.8 Å². The number of hydrazine groups is 1. The van der Waals surface area contributed by atoms with Gasteiger partial charge < -0.3 is 14.8 Å². The number of rotatable bonds is 3. The highest BCUT2D eigenvalue weighted by Crippen LogP contribution is 2.40. The molecule has 1 aliphatic heterocycles. The van der Waals surface area contributed by atoms with E-state index in [0.717, 1.165) is 22.2 Å². The van der Waals surface area contributed by atoms with E-state index in [0.29, 0.717) is 22.4 Å². The van der Waals surface area contributed by atoms with Gasteiger partial charge in [0.25, 0.3) is 0 Å². The monoisotopic (exact) mass is 378 g/mol. The third-order valence-corrected chi connectivity index (χ3v) is 4.93. The van der Waals surface area contributed by atoms with Crippen molar-refractivity contribution in [3.8, 4) is 22.8 Å². The van der Waals surface area contributed by atoms with Crippen molar-refractivity contribution >= 4 is 29.0 Å². The number of hydrogen-bond donors (Lipinski definition) is 3. The maximum absolute atomic E-state index is 6.44. The van der Waals surface area contributed by atoms with Gasteiger partial charge in [0.05, 0.1) is 11.4 Å². The van der Waals surface area contributed by atoms with Gasteiger partial charge >= 0.3 is 0 Å². The summed E-state index contributed by atoms with van der Waals surface area (Å²) in [4.78, 5) is 16.7. The molecule has 0 spiro atoms. The lowest BCUT2D eigenvalue weighted by atomic mass is 10.0. The summed E-state index contributed by atoms with van der Waals surface area (Å²) in [5.74, 6) is 1.06. The van der Waals surface area contributed by atoms with E-state index in [9.17, 15) is 0 Å². The number of nitrogens with zero attached hydrogens (tertiary/aromatic N) is 3. The number of halogens is 1. The summed E-state index contributed by atoms with van der Waals surface area (Å²) >= 11 is 6.44. The molecule has 27 heavy (non-hydrogen) atoms. The second-order valence-corrected chi connectivity index (χ2v) is 6.78. The predicted molar refractivity (Wildman–Crippen MR) is 104 cm³/mol. The highest BCUT2D eigenvalue weighted by atomic mass is 35.5. The SMILES string of the molecule is CC1(c2nc(-c3ccnc4[nH]ccc34)oc2-c2ccccc2Cl)N=CNN1. The van der Waals surface area contributed by atoms with Crippen LogP contribution in [0.1, 0.15) is 12.6 Å². The largest absolute Gasteiger partial charge is 0.436 e. The number of hydrogen-bond acceptors (Lipinski definition) is 6. The molecule has 7 nitrogen and oxygen atoms in total. The minimum absolute atomic E-state index is 0.483. The van der Waals surface area contributed by atoms with Crippen molar-refractivity contribution in [1.29, 1.82) is 0 Å². The van der Waals surface area contributed by atoms with Crippen molar-refractivity contribution < 1.29 is 4.42 Å². The summed E-state index contributed by atoms with van der Waals surface area (Å²) in [5, 5.41) is 1.52. The Kier molecular flexibility index (Phi) is 3.53. The Balaban J connectivity index is 1.77. The van der Waals surface area contributed by atoms with Crippen molar-refractivity contribution in [3.05, 3.63) is 59.5 Å². The zero-order valence-corrected chi connectivity index (χ0v) is 15.1. The Morgan fingerprint density at radius 1 is 1.11 bits per heavy atom. The van der Waals surface area contributed by atoms with Crippen molar-refractivity contribution in [2.45, 2.75) is 12.6 Å². The van der Waals surface area contributed by atoms with E-state index >= 15 is 0 Å². The summed E-state index contributed by atoms with van der Waals surface area (Å²) in [5.41, 5.74) is 8.28. The Morgan fingerprint density at radius 3 is 2.81 bits per heavy atom. The van der Waals surface area contributed by atoms with Crippen LogP contribution in [0.15, 0.2) is 58.2 Å². The number of aliphatic imine (C=N–C) groups is 1. The number of aromatic amines is 1. The summed E-state index contributed by atoms with van der Waals surface area (Å²) in [6, 6.07) is 11.4. The molecule has 0 fully saturated rings. The van der Waals surface area contributed by atoms with Gasteiger partial charge in [-0.15, -0.1) is 0 Å². The molecular formula is C19H15ClN6O. The molecule has 1 aromatic carbocycles. The first-order valence-corrected chi connectivity index (χ1v) is 8.78. The first-order valence-electron chi connectivity index (χ1n) is 8.41. The molecule has 0 bridgehead atoms. The van der Waals surface area contributed by atoms with Crippen LogP contribution in [0.3, 0.4) is 0 Å². The highest BCUT2D eigenvalue weighted by Gasteiger charge is 2.36. The topological polar surface area (TPSA) is 91.1 Å². The normalized spacial score (nSPS) is 18.9. The fourth-order valence-electron chi connectivity index (χ4n) is 3.23. The van der Waals surface area contributed by atoms with E-state index in [1.54, 1.807) is 12.5 Å². The highest BCUT2D eigenvalue weighted by molar-refractivity contribution is 6.33. The molecule has 1 atom stereocenters. The maximum Gasteiger partial charge on any atom is 0.227 e. The van der Waals surface area contributed by atoms with Crippen LogP contribution < -0.4 is 10.9 Å². The second-order valence-electron chi connectivity index (χ2n) is 6.37. The van der Waals surface area contributed by atoms with Gasteiger partial charge in [-0.25, -0.2) is 20.4 Å². The lowest BCUT2D eigenvalue weighted by Crippen LogP contribution is -2.40. The minimum atomic E-state index is -0.777. The zero-order valence-electron chi connectivity index (χ0n) is 14.3. The first-order chi connectivity index (χ1) is 13.2. The van der Waals surface area contributed by atoms with Crippen molar-refractivity contribution in [2.24, 2.45) is 4.99 Å². The van der Waals surface area contributed by atoms with E-state index in [-0.39, 0.29) is 0 Å². The van der Waals surface area contributed by atoms with Gasteiger partial charge in [0.15, 0.2) is 11.4 Å². The summed E-state index contributed by atoms with van der Waals surface area (Å²) in [6.07, 6.45) is 5.16. The average Bonchev–Trinajstić information content (AvgIpc) is 3.41. The van der Waals surface area contributed by atoms with E-state index in [2.05, 4.69) is 25.8 Å². The zero-order chi connectivity index (χ0) is 18.4. The van der Waals surface area contributed by atoms with Crippen molar-refractivity contribution in [1.82, 2.24) is 25.8 Å². The molecule has 3 N–H and O–H groups in total. The van der Waals surface area contributed by atoms with Gasteiger partial charge in [-0.2, -0.15) is 0 Å². The van der Waals surface area contributed by atoms with Crippen LogP contribution in [-0.2, 0) is 5.66 Å². The molecule has 4 heterocycles. The van der Waals surface area contributed by atoms with Gasteiger partial charge in [-0.05, 0) is 31.2 Å². The van der Waals surface area contributed by atoms with Crippen LogP contribution in [0.2, 0.25) is 5.02 Å². The maximum atomic E-state index is 6.44. The number of fused-ring (bicyclic) bond motifs is 1. The number of pyridine rings is 1. The molecule has 1 aliphatic rings. The second kappa shape index (κ2) is 5.94. The molecule has 0 saturated carbocycles. The fraction of sp³-hybridized carbons (Fsp3) is 0.105. The lowest BCUT2D eigenvalue weighted by Gasteiger charge is -2.19. The minimum Gasteiger partial charge on any atom is -0.436 e. The average molecular weight is 379 g/mol. The van der Waals surface area contributed by atoms with E-state index < -0.39 is 5.66 Å².